The summed E-state index contributed by atoms with van der Waals surface area (Å²) in [7, 11) is 1.49. The SMILES string of the molecule is COc1ncc(-c2cc(-c3nnc(CN4CCOC5(CCCC5)C4)o3)c3cn[nH]c3c2)cc1CNS(=O)[O-]. The number of aromatic nitrogens is 5. The molecule has 1 saturated carbocycles. The third-order valence-electron chi connectivity index (χ3n) is 7.29. The number of ether oxygens (including phenoxy) is 2. The first-order chi connectivity index (χ1) is 18.5. The van der Waals surface area contributed by atoms with Gasteiger partial charge in [-0.2, -0.15) is 5.10 Å². The van der Waals surface area contributed by atoms with E-state index in [0.717, 1.165) is 60.1 Å². The van der Waals surface area contributed by atoms with E-state index in [0.29, 0.717) is 29.8 Å². The lowest BCUT2D eigenvalue weighted by molar-refractivity contribution is -0.108. The number of H-pyrrole nitrogens is 1. The summed E-state index contributed by atoms with van der Waals surface area (Å²) in [5, 5.41) is 16.8. The summed E-state index contributed by atoms with van der Waals surface area (Å²) in [6, 6.07) is 5.73. The predicted octanol–water partition coefficient (Wildman–Crippen LogP) is 2.71. The van der Waals surface area contributed by atoms with Crippen molar-refractivity contribution in [2.24, 2.45) is 0 Å². The number of aromatic amines is 1. The smallest absolute Gasteiger partial charge is 0.248 e. The van der Waals surface area contributed by atoms with Gasteiger partial charge in [-0.05, 0) is 36.6 Å². The predicted molar refractivity (Wildman–Crippen MR) is 137 cm³/mol. The molecule has 13 heteroatoms. The molecule has 1 aliphatic carbocycles. The van der Waals surface area contributed by atoms with Crippen LogP contribution in [0.4, 0.5) is 0 Å². The standard InChI is InChI=1S/C25H29N7O5S/c1-35-23-18(12-28-38(33)34)8-17(11-26-23)16-9-19(20-13-27-29-21(20)10-16)24-31-30-22(37-24)14-32-6-7-36-25(15-32)4-2-3-5-25/h8-11,13,28H,2-7,12,14-15H2,1H3,(H,27,29)(H,33,34)/p-1. The van der Waals surface area contributed by atoms with Gasteiger partial charge in [0.25, 0.3) is 0 Å². The molecule has 0 radical (unpaired) electrons. The highest BCUT2D eigenvalue weighted by Gasteiger charge is 2.39. The molecule has 1 saturated heterocycles. The first-order valence-corrected chi connectivity index (χ1v) is 13.6. The number of pyridine rings is 1. The Hall–Kier alpha value is -3.23. The van der Waals surface area contributed by atoms with Crippen molar-refractivity contribution in [2.75, 3.05) is 26.8 Å². The molecule has 38 heavy (non-hydrogen) atoms. The number of nitrogens with one attached hydrogen (secondary N) is 2. The van der Waals surface area contributed by atoms with Crippen LogP contribution in [0.1, 0.15) is 37.1 Å². The van der Waals surface area contributed by atoms with E-state index in [9.17, 15) is 8.76 Å². The largest absolute Gasteiger partial charge is 0.760 e. The second-order valence-electron chi connectivity index (χ2n) is 9.75. The lowest BCUT2D eigenvalue weighted by atomic mass is 10.00. The van der Waals surface area contributed by atoms with Gasteiger partial charge in [-0.15, -0.1) is 10.2 Å². The number of fused-ring (bicyclic) bond motifs is 1. The van der Waals surface area contributed by atoms with E-state index in [1.807, 2.05) is 18.2 Å². The fourth-order valence-corrected chi connectivity index (χ4v) is 5.77. The summed E-state index contributed by atoms with van der Waals surface area (Å²) in [5.41, 5.74) is 3.72. The highest BCUT2D eigenvalue weighted by Crippen LogP contribution is 2.37. The van der Waals surface area contributed by atoms with Gasteiger partial charge < -0.3 is 18.4 Å². The molecule has 1 aliphatic heterocycles. The van der Waals surface area contributed by atoms with Crippen LogP contribution in [0, 0.1) is 0 Å². The van der Waals surface area contributed by atoms with E-state index in [1.165, 1.54) is 20.0 Å². The number of benzene rings is 1. The van der Waals surface area contributed by atoms with E-state index in [-0.39, 0.29) is 12.1 Å². The Labute approximate surface area is 221 Å². The monoisotopic (exact) mass is 538 g/mol. The van der Waals surface area contributed by atoms with Crippen LogP contribution < -0.4 is 9.46 Å². The molecule has 1 spiro atoms. The van der Waals surface area contributed by atoms with Crippen molar-refractivity contribution >= 4 is 22.2 Å². The van der Waals surface area contributed by atoms with Crippen LogP contribution >= 0.6 is 0 Å². The van der Waals surface area contributed by atoms with Crippen molar-refractivity contribution in [3.8, 4) is 28.5 Å². The number of nitrogens with zero attached hydrogens (tertiary/aromatic N) is 5. The van der Waals surface area contributed by atoms with E-state index in [4.69, 9.17) is 13.9 Å². The molecule has 4 aromatic rings. The van der Waals surface area contributed by atoms with Crippen LogP contribution in [0.2, 0.25) is 0 Å². The Morgan fingerprint density at radius 3 is 2.89 bits per heavy atom. The number of hydrogen-bond acceptors (Lipinski definition) is 10. The van der Waals surface area contributed by atoms with Gasteiger partial charge in [0.05, 0.1) is 43.1 Å². The molecule has 1 unspecified atom stereocenters. The van der Waals surface area contributed by atoms with Crippen molar-refractivity contribution in [3.05, 3.63) is 42.0 Å². The van der Waals surface area contributed by atoms with Crippen LogP contribution in [0.3, 0.4) is 0 Å². The molecule has 0 amide bonds. The molecule has 2 fully saturated rings. The molecule has 2 N–H and O–H groups in total. The van der Waals surface area contributed by atoms with E-state index >= 15 is 0 Å². The van der Waals surface area contributed by atoms with Crippen molar-refractivity contribution in [1.29, 1.82) is 0 Å². The minimum atomic E-state index is -2.41. The van der Waals surface area contributed by atoms with Crippen molar-refractivity contribution in [2.45, 2.75) is 44.4 Å². The molecule has 3 aromatic heterocycles. The molecule has 200 valence electrons. The quantitative estimate of drug-likeness (QED) is 0.320. The highest BCUT2D eigenvalue weighted by molar-refractivity contribution is 7.77. The zero-order chi connectivity index (χ0) is 26.1. The van der Waals surface area contributed by atoms with Crippen LogP contribution in [0.5, 0.6) is 5.88 Å². The molecule has 12 nitrogen and oxygen atoms in total. The normalized spacial score (nSPS) is 18.4. The zero-order valence-corrected chi connectivity index (χ0v) is 21.8. The van der Waals surface area contributed by atoms with Gasteiger partial charge >= 0.3 is 0 Å². The Morgan fingerprint density at radius 2 is 2.08 bits per heavy atom. The van der Waals surface area contributed by atoms with Gasteiger partial charge in [0, 0.05) is 53.6 Å². The Kier molecular flexibility index (Phi) is 6.93. The zero-order valence-electron chi connectivity index (χ0n) is 20.9. The van der Waals surface area contributed by atoms with Crippen molar-refractivity contribution in [1.82, 2.24) is 35.0 Å². The van der Waals surface area contributed by atoms with E-state index in [1.54, 1.807) is 12.4 Å². The summed E-state index contributed by atoms with van der Waals surface area (Å²) in [5.74, 6) is 1.31. The molecule has 1 aromatic carbocycles. The molecule has 6 rings (SSSR count). The summed E-state index contributed by atoms with van der Waals surface area (Å²) < 4.78 is 42.0. The number of morpholine rings is 1. The third-order valence-corrected chi connectivity index (χ3v) is 7.67. The average Bonchev–Trinajstić information content (AvgIpc) is 3.68. The fourth-order valence-electron chi connectivity index (χ4n) is 5.50. The van der Waals surface area contributed by atoms with Crippen LogP contribution in [0.15, 0.2) is 35.0 Å². The van der Waals surface area contributed by atoms with Crippen LogP contribution in [-0.4, -0.2) is 71.4 Å². The Bertz CT molecular complexity index is 1470. The van der Waals surface area contributed by atoms with Gasteiger partial charge in [0.15, 0.2) is 0 Å². The molecular formula is C25H28N7O5S-. The minimum Gasteiger partial charge on any atom is -0.760 e. The first kappa shape index (κ1) is 25.1. The van der Waals surface area contributed by atoms with Crippen molar-refractivity contribution in [3.63, 3.8) is 0 Å². The maximum atomic E-state index is 11.0. The van der Waals surface area contributed by atoms with E-state index in [2.05, 4.69) is 35.0 Å². The second kappa shape index (κ2) is 10.5. The summed E-state index contributed by atoms with van der Waals surface area (Å²) in [6.45, 7) is 3.06. The summed E-state index contributed by atoms with van der Waals surface area (Å²) in [4.78, 5) is 6.70. The van der Waals surface area contributed by atoms with Gasteiger partial charge in [-0.1, -0.05) is 12.8 Å². The van der Waals surface area contributed by atoms with Crippen LogP contribution in [0.25, 0.3) is 33.5 Å². The summed E-state index contributed by atoms with van der Waals surface area (Å²) in [6.07, 6.45) is 8.06. The molecule has 2 aliphatic rings. The molecular weight excluding hydrogens is 510 g/mol. The van der Waals surface area contributed by atoms with E-state index < -0.39 is 11.3 Å². The Morgan fingerprint density at radius 1 is 1.21 bits per heavy atom. The van der Waals surface area contributed by atoms with Crippen LogP contribution in [-0.2, 0) is 29.1 Å². The average molecular weight is 539 g/mol. The third kappa shape index (κ3) is 5.07. The topological polar surface area (TPSA) is 154 Å². The van der Waals surface area contributed by atoms with Crippen molar-refractivity contribution < 1.29 is 22.7 Å². The number of methoxy groups -OCH3 is 1. The van der Waals surface area contributed by atoms with Gasteiger partial charge in [0.2, 0.25) is 17.7 Å². The molecule has 4 heterocycles. The van der Waals surface area contributed by atoms with Gasteiger partial charge in [0.1, 0.15) is 0 Å². The fraction of sp³-hybridized carbons (Fsp3) is 0.440. The number of hydrogen-bond donors (Lipinski definition) is 2. The summed E-state index contributed by atoms with van der Waals surface area (Å²) >= 11 is -2.41. The Balaban J connectivity index is 1.29. The first-order valence-electron chi connectivity index (χ1n) is 12.5. The molecule has 1 atom stereocenters. The number of rotatable bonds is 8. The maximum absolute atomic E-state index is 11.0. The lowest BCUT2D eigenvalue weighted by Crippen LogP contribution is -2.49. The van der Waals surface area contributed by atoms with Gasteiger partial charge in [-0.25, -0.2) is 9.71 Å². The minimum absolute atomic E-state index is 0.0259. The second-order valence-corrected chi connectivity index (χ2v) is 10.5. The maximum Gasteiger partial charge on any atom is 0.248 e. The lowest BCUT2D eigenvalue weighted by Gasteiger charge is -2.40. The van der Waals surface area contributed by atoms with Gasteiger partial charge in [-0.3, -0.25) is 14.2 Å². The molecule has 0 bridgehead atoms. The highest BCUT2D eigenvalue weighted by atomic mass is 32.2.